The average Bonchev–Trinajstić information content (AvgIpc) is 2.88. The quantitative estimate of drug-likeness (QED) is 0.730. The fourth-order valence-corrected chi connectivity index (χ4v) is 3.81. The van der Waals surface area contributed by atoms with Crippen LogP contribution in [0.1, 0.15) is 58.8 Å². The van der Waals surface area contributed by atoms with Crippen LogP contribution in [0.5, 0.6) is 0 Å². The lowest BCUT2D eigenvalue weighted by molar-refractivity contribution is 0.203. The van der Waals surface area contributed by atoms with Crippen LogP contribution in [0, 0.1) is 11.8 Å². The van der Waals surface area contributed by atoms with E-state index in [1.54, 1.807) is 0 Å². The van der Waals surface area contributed by atoms with Crippen molar-refractivity contribution < 1.29 is 0 Å². The van der Waals surface area contributed by atoms with Gasteiger partial charge in [-0.3, -0.25) is 0 Å². The predicted octanol–water partition coefficient (Wildman–Crippen LogP) is 3.28. The summed E-state index contributed by atoms with van der Waals surface area (Å²) in [6.07, 6.45) is 9.92. The lowest BCUT2D eigenvalue weighted by Gasteiger charge is -2.35. The van der Waals surface area contributed by atoms with Crippen LogP contribution in [-0.2, 0) is 0 Å². The van der Waals surface area contributed by atoms with E-state index in [0.29, 0.717) is 0 Å². The maximum Gasteiger partial charge on any atom is 0.00977 e. The summed E-state index contributed by atoms with van der Waals surface area (Å²) in [6.45, 7) is 10.0. The van der Waals surface area contributed by atoms with Crippen molar-refractivity contribution in [3.8, 4) is 0 Å². The molecule has 2 aliphatic rings. The van der Waals surface area contributed by atoms with E-state index in [-0.39, 0.29) is 0 Å². The molecule has 18 heavy (non-hydrogen) atoms. The minimum absolute atomic E-state index is 0.803. The molecule has 0 aromatic rings. The van der Waals surface area contributed by atoms with Crippen LogP contribution in [-0.4, -0.2) is 37.1 Å². The third kappa shape index (κ3) is 4.24. The van der Waals surface area contributed by atoms with Gasteiger partial charge in [0, 0.05) is 6.04 Å². The molecule has 2 nitrogen and oxygen atoms in total. The zero-order valence-corrected chi connectivity index (χ0v) is 12.5. The summed E-state index contributed by atoms with van der Waals surface area (Å²) in [4.78, 5) is 2.63. The minimum atomic E-state index is 0.803. The molecule has 2 heteroatoms. The molecule has 0 radical (unpaired) electrons. The number of likely N-dealkylation sites (tertiary alicyclic amines) is 1. The first-order valence-corrected chi connectivity index (χ1v) is 8.23. The van der Waals surface area contributed by atoms with Crippen LogP contribution in [0.2, 0.25) is 0 Å². The highest BCUT2D eigenvalue weighted by atomic mass is 15.1. The Morgan fingerprint density at radius 3 is 2.50 bits per heavy atom. The molecule has 1 aliphatic carbocycles. The van der Waals surface area contributed by atoms with Crippen LogP contribution < -0.4 is 5.32 Å². The van der Waals surface area contributed by atoms with Crippen molar-refractivity contribution in [2.75, 3.05) is 26.2 Å². The first-order chi connectivity index (χ1) is 8.77. The van der Waals surface area contributed by atoms with Crippen LogP contribution in [0.25, 0.3) is 0 Å². The third-order valence-electron chi connectivity index (χ3n) is 4.93. The standard InChI is InChI=1S/C16H32N2/c1-14(2)15-8-3-4-9-16(15)17-10-7-13-18-11-5-6-12-18/h14-17H,3-13H2,1-2H3. The van der Waals surface area contributed by atoms with Gasteiger partial charge in [0.1, 0.15) is 0 Å². The molecule has 1 saturated heterocycles. The summed E-state index contributed by atoms with van der Waals surface area (Å²) in [5.74, 6) is 1.77. The summed E-state index contributed by atoms with van der Waals surface area (Å²) in [6, 6.07) is 0.803. The summed E-state index contributed by atoms with van der Waals surface area (Å²) in [7, 11) is 0. The van der Waals surface area contributed by atoms with Gasteiger partial charge in [0.25, 0.3) is 0 Å². The Kier molecular flexibility index (Phi) is 5.97. The topological polar surface area (TPSA) is 15.3 Å². The Balaban J connectivity index is 1.61. The molecule has 2 atom stereocenters. The Hall–Kier alpha value is -0.0800. The molecule has 1 N–H and O–H groups in total. The second kappa shape index (κ2) is 7.49. The first kappa shape index (κ1) is 14.3. The normalized spacial score (nSPS) is 30.2. The highest BCUT2D eigenvalue weighted by molar-refractivity contribution is 4.82. The molecular weight excluding hydrogens is 220 g/mol. The summed E-state index contributed by atoms with van der Waals surface area (Å²) >= 11 is 0. The van der Waals surface area contributed by atoms with Crippen molar-refractivity contribution in [2.24, 2.45) is 11.8 Å². The van der Waals surface area contributed by atoms with Gasteiger partial charge in [0.15, 0.2) is 0 Å². The molecule has 2 rings (SSSR count). The Morgan fingerprint density at radius 1 is 1.06 bits per heavy atom. The Labute approximate surface area is 114 Å². The molecule has 0 bridgehead atoms. The van der Waals surface area contributed by atoms with Gasteiger partial charge in [-0.15, -0.1) is 0 Å². The van der Waals surface area contributed by atoms with E-state index < -0.39 is 0 Å². The molecule has 1 aliphatic heterocycles. The second-order valence-electron chi connectivity index (χ2n) is 6.66. The van der Waals surface area contributed by atoms with Crippen molar-refractivity contribution in [2.45, 2.75) is 64.8 Å². The molecular formula is C16H32N2. The first-order valence-electron chi connectivity index (χ1n) is 8.23. The highest BCUT2D eigenvalue weighted by Crippen LogP contribution is 2.30. The maximum absolute atomic E-state index is 3.85. The number of nitrogens with one attached hydrogen (secondary N) is 1. The van der Waals surface area contributed by atoms with Gasteiger partial charge < -0.3 is 10.2 Å². The van der Waals surface area contributed by atoms with E-state index in [9.17, 15) is 0 Å². The van der Waals surface area contributed by atoms with E-state index in [1.165, 1.54) is 71.1 Å². The minimum Gasteiger partial charge on any atom is -0.314 e. The Morgan fingerprint density at radius 2 is 1.78 bits per heavy atom. The summed E-state index contributed by atoms with van der Waals surface area (Å²) in [5, 5.41) is 3.85. The lowest BCUT2D eigenvalue weighted by Crippen LogP contribution is -2.41. The van der Waals surface area contributed by atoms with Gasteiger partial charge in [-0.25, -0.2) is 0 Å². The summed E-state index contributed by atoms with van der Waals surface area (Å²) < 4.78 is 0. The SMILES string of the molecule is CC(C)C1CCCCC1NCCCN1CCCC1. The zero-order chi connectivity index (χ0) is 12.8. The zero-order valence-electron chi connectivity index (χ0n) is 12.5. The highest BCUT2D eigenvalue weighted by Gasteiger charge is 2.26. The number of hydrogen-bond donors (Lipinski definition) is 1. The van der Waals surface area contributed by atoms with E-state index in [1.807, 2.05) is 0 Å². The predicted molar refractivity (Wildman–Crippen MR) is 78.9 cm³/mol. The van der Waals surface area contributed by atoms with E-state index >= 15 is 0 Å². The fraction of sp³-hybridized carbons (Fsp3) is 1.00. The molecule has 2 fully saturated rings. The van der Waals surface area contributed by atoms with Crippen LogP contribution in [0.4, 0.5) is 0 Å². The summed E-state index contributed by atoms with van der Waals surface area (Å²) in [5.41, 5.74) is 0. The van der Waals surface area contributed by atoms with E-state index in [0.717, 1.165) is 17.9 Å². The smallest absolute Gasteiger partial charge is 0.00977 e. The molecule has 0 amide bonds. The number of hydrogen-bond acceptors (Lipinski definition) is 2. The number of rotatable bonds is 6. The third-order valence-corrected chi connectivity index (χ3v) is 4.93. The van der Waals surface area contributed by atoms with Gasteiger partial charge in [-0.1, -0.05) is 26.7 Å². The Bertz CT molecular complexity index is 221. The van der Waals surface area contributed by atoms with Crippen molar-refractivity contribution in [3.05, 3.63) is 0 Å². The van der Waals surface area contributed by atoms with Crippen molar-refractivity contribution in [3.63, 3.8) is 0 Å². The van der Waals surface area contributed by atoms with Gasteiger partial charge >= 0.3 is 0 Å². The fourth-order valence-electron chi connectivity index (χ4n) is 3.81. The molecule has 1 heterocycles. The van der Waals surface area contributed by atoms with Crippen molar-refractivity contribution in [1.82, 2.24) is 10.2 Å². The van der Waals surface area contributed by atoms with Crippen molar-refractivity contribution >= 4 is 0 Å². The molecule has 106 valence electrons. The molecule has 0 spiro atoms. The molecule has 0 aromatic heterocycles. The van der Waals surface area contributed by atoms with Crippen LogP contribution >= 0.6 is 0 Å². The second-order valence-corrected chi connectivity index (χ2v) is 6.66. The lowest BCUT2D eigenvalue weighted by atomic mass is 9.78. The van der Waals surface area contributed by atoms with Crippen molar-refractivity contribution in [1.29, 1.82) is 0 Å². The van der Waals surface area contributed by atoms with E-state index in [4.69, 9.17) is 0 Å². The molecule has 1 saturated carbocycles. The monoisotopic (exact) mass is 252 g/mol. The van der Waals surface area contributed by atoms with Gasteiger partial charge in [0.05, 0.1) is 0 Å². The van der Waals surface area contributed by atoms with E-state index in [2.05, 4.69) is 24.1 Å². The largest absolute Gasteiger partial charge is 0.314 e. The van der Waals surface area contributed by atoms with Crippen LogP contribution in [0.3, 0.4) is 0 Å². The van der Waals surface area contributed by atoms with Gasteiger partial charge in [-0.05, 0) is 70.1 Å². The molecule has 0 aromatic carbocycles. The maximum atomic E-state index is 3.85. The molecule has 2 unspecified atom stereocenters. The van der Waals surface area contributed by atoms with Gasteiger partial charge in [-0.2, -0.15) is 0 Å². The van der Waals surface area contributed by atoms with Crippen LogP contribution in [0.15, 0.2) is 0 Å². The van der Waals surface area contributed by atoms with Gasteiger partial charge in [0.2, 0.25) is 0 Å². The average molecular weight is 252 g/mol. The number of nitrogens with zero attached hydrogens (tertiary/aromatic N) is 1.